The van der Waals surface area contributed by atoms with Crippen LogP contribution in [0.4, 0.5) is 0 Å². The molecule has 0 aliphatic carbocycles. The molecule has 120 valence electrons. The van der Waals surface area contributed by atoms with Crippen LogP contribution in [0.15, 0.2) is 24.3 Å². The fourth-order valence-corrected chi connectivity index (χ4v) is 1.85. The summed E-state index contributed by atoms with van der Waals surface area (Å²) in [6.07, 6.45) is 0. The van der Waals surface area contributed by atoms with Gasteiger partial charge in [-0.2, -0.15) is 0 Å². The van der Waals surface area contributed by atoms with Gasteiger partial charge in [0.25, 0.3) is 11.8 Å². The first-order valence-corrected chi connectivity index (χ1v) is 6.81. The fourth-order valence-electron chi connectivity index (χ4n) is 1.85. The maximum absolute atomic E-state index is 12.3. The highest BCUT2D eigenvalue weighted by Gasteiger charge is 2.19. The molecule has 2 amide bonds. The van der Waals surface area contributed by atoms with Crippen molar-refractivity contribution in [2.24, 2.45) is 11.7 Å². The summed E-state index contributed by atoms with van der Waals surface area (Å²) in [6, 6.07) is 6.11. The van der Waals surface area contributed by atoms with Crippen molar-refractivity contribution in [1.82, 2.24) is 4.90 Å². The maximum atomic E-state index is 12.3. The van der Waals surface area contributed by atoms with Crippen molar-refractivity contribution >= 4 is 17.8 Å². The molecule has 0 heterocycles. The summed E-state index contributed by atoms with van der Waals surface area (Å²) in [5.74, 6) is -1.46. The van der Waals surface area contributed by atoms with E-state index in [2.05, 4.69) is 0 Å². The average Bonchev–Trinajstić information content (AvgIpc) is 2.43. The van der Waals surface area contributed by atoms with E-state index in [9.17, 15) is 14.4 Å². The predicted molar refractivity (Wildman–Crippen MR) is 79.5 cm³/mol. The Morgan fingerprint density at radius 3 is 2.27 bits per heavy atom. The van der Waals surface area contributed by atoms with Crippen LogP contribution in [-0.2, 0) is 9.59 Å². The number of benzene rings is 1. The second-order valence-corrected chi connectivity index (χ2v) is 5.25. The zero-order chi connectivity index (χ0) is 16.7. The minimum atomic E-state index is -1.06. The molecule has 0 aromatic heterocycles. The molecule has 0 aliphatic rings. The Morgan fingerprint density at radius 2 is 1.82 bits per heavy atom. The Labute approximate surface area is 128 Å². The van der Waals surface area contributed by atoms with Gasteiger partial charge in [0.2, 0.25) is 0 Å². The van der Waals surface area contributed by atoms with Gasteiger partial charge in [-0.3, -0.25) is 14.4 Å². The minimum absolute atomic E-state index is 0.154. The smallest absolute Gasteiger partial charge is 0.323 e. The Kier molecular flexibility index (Phi) is 6.37. The van der Waals surface area contributed by atoms with Crippen LogP contribution in [0.3, 0.4) is 0 Å². The number of primary amides is 1. The number of carboxylic acids is 1. The van der Waals surface area contributed by atoms with E-state index in [0.717, 1.165) is 0 Å². The van der Waals surface area contributed by atoms with Crippen molar-refractivity contribution in [3.63, 3.8) is 0 Å². The van der Waals surface area contributed by atoms with E-state index in [-0.39, 0.29) is 25.0 Å². The summed E-state index contributed by atoms with van der Waals surface area (Å²) in [4.78, 5) is 35.1. The highest BCUT2D eigenvalue weighted by atomic mass is 16.5. The van der Waals surface area contributed by atoms with E-state index in [4.69, 9.17) is 15.6 Å². The third-order valence-electron chi connectivity index (χ3n) is 2.68. The number of carboxylic acid groups (broad SMARTS) is 1. The van der Waals surface area contributed by atoms with Crippen LogP contribution < -0.4 is 10.5 Å². The first-order valence-electron chi connectivity index (χ1n) is 6.81. The predicted octanol–water partition coefficient (Wildman–Crippen LogP) is 0.734. The topological polar surface area (TPSA) is 110 Å². The van der Waals surface area contributed by atoms with Gasteiger partial charge in [-0.15, -0.1) is 0 Å². The summed E-state index contributed by atoms with van der Waals surface area (Å²) in [5.41, 5.74) is 5.33. The lowest BCUT2D eigenvalue weighted by Gasteiger charge is -2.22. The van der Waals surface area contributed by atoms with Crippen molar-refractivity contribution < 1.29 is 24.2 Å². The number of hydrogen-bond donors (Lipinski definition) is 2. The molecule has 1 aromatic rings. The van der Waals surface area contributed by atoms with Crippen molar-refractivity contribution in [2.45, 2.75) is 13.8 Å². The van der Waals surface area contributed by atoms with Crippen molar-refractivity contribution in [2.75, 3.05) is 19.7 Å². The number of carbonyl (C=O) groups excluding carboxylic acids is 2. The maximum Gasteiger partial charge on any atom is 0.323 e. The number of nitrogens with zero attached hydrogens (tertiary/aromatic N) is 1. The highest BCUT2D eigenvalue weighted by molar-refractivity contribution is 5.96. The van der Waals surface area contributed by atoms with E-state index in [1.54, 1.807) is 0 Å². The number of aliphatic carboxylic acids is 1. The van der Waals surface area contributed by atoms with Crippen molar-refractivity contribution in [3.8, 4) is 5.75 Å². The number of ether oxygens (including phenoxy) is 1. The van der Waals surface area contributed by atoms with Gasteiger partial charge < -0.3 is 20.5 Å². The number of rotatable bonds is 8. The molecular formula is C15H20N2O5. The molecule has 0 atom stereocenters. The molecule has 0 radical (unpaired) electrons. The van der Waals surface area contributed by atoms with Crippen molar-refractivity contribution in [3.05, 3.63) is 29.8 Å². The molecule has 7 nitrogen and oxygen atoms in total. The Hall–Kier alpha value is -2.57. The third-order valence-corrected chi connectivity index (χ3v) is 2.68. The van der Waals surface area contributed by atoms with Crippen LogP contribution in [0, 0.1) is 5.92 Å². The molecule has 0 unspecified atom stereocenters. The van der Waals surface area contributed by atoms with E-state index in [1.807, 2.05) is 13.8 Å². The number of nitrogens with two attached hydrogens (primary N) is 1. The Balaban J connectivity index is 2.80. The van der Waals surface area contributed by atoms with Gasteiger partial charge in [-0.25, -0.2) is 0 Å². The highest BCUT2D eigenvalue weighted by Crippen LogP contribution is 2.14. The van der Waals surface area contributed by atoms with Gasteiger partial charge in [-0.05, 0) is 30.2 Å². The summed E-state index contributed by atoms with van der Waals surface area (Å²) in [6.45, 7) is 3.57. The number of carbonyl (C=O) groups is 3. The van der Waals surface area contributed by atoms with Gasteiger partial charge in [0.15, 0.2) is 6.61 Å². The molecule has 1 aromatic carbocycles. The Bertz CT molecular complexity index is 539. The summed E-state index contributed by atoms with van der Waals surface area (Å²) < 4.78 is 5.10. The summed E-state index contributed by atoms with van der Waals surface area (Å²) >= 11 is 0. The number of amides is 2. The molecule has 0 fully saturated rings. The van der Waals surface area contributed by atoms with Crippen LogP contribution >= 0.6 is 0 Å². The van der Waals surface area contributed by atoms with Gasteiger partial charge >= 0.3 is 5.97 Å². The molecular weight excluding hydrogens is 288 g/mol. The van der Waals surface area contributed by atoms with Gasteiger partial charge in [0.05, 0.1) is 0 Å². The molecule has 3 N–H and O–H groups in total. The molecule has 0 saturated carbocycles. The normalized spacial score (nSPS) is 10.3. The van der Waals surface area contributed by atoms with E-state index in [1.165, 1.54) is 29.2 Å². The standard InChI is InChI=1S/C15H20N2O5/c1-10(2)7-17(8-14(19)20)15(21)11-3-5-12(6-4-11)22-9-13(16)18/h3-6,10H,7-9H2,1-2H3,(H2,16,18)(H,19,20). The fraction of sp³-hybridized carbons (Fsp3) is 0.400. The molecule has 0 bridgehead atoms. The monoisotopic (exact) mass is 308 g/mol. The molecule has 22 heavy (non-hydrogen) atoms. The summed E-state index contributed by atoms with van der Waals surface area (Å²) in [5, 5.41) is 8.90. The SMILES string of the molecule is CC(C)CN(CC(=O)O)C(=O)c1ccc(OCC(N)=O)cc1. The zero-order valence-electron chi connectivity index (χ0n) is 12.6. The van der Waals surface area contributed by atoms with Crippen molar-refractivity contribution in [1.29, 1.82) is 0 Å². The minimum Gasteiger partial charge on any atom is -0.484 e. The second-order valence-electron chi connectivity index (χ2n) is 5.25. The molecule has 1 rings (SSSR count). The third kappa shape index (κ3) is 5.82. The first kappa shape index (κ1) is 17.5. The van der Waals surface area contributed by atoms with E-state index in [0.29, 0.717) is 17.9 Å². The van der Waals surface area contributed by atoms with E-state index < -0.39 is 11.9 Å². The van der Waals surface area contributed by atoms with Crippen LogP contribution in [-0.4, -0.2) is 47.5 Å². The lowest BCUT2D eigenvalue weighted by atomic mass is 10.1. The lowest BCUT2D eigenvalue weighted by molar-refractivity contribution is -0.137. The quantitative estimate of drug-likeness (QED) is 0.735. The van der Waals surface area contributed by atoms with E-state index >= 15 is 0 Å². The average molecular weight is 308 g/mol. The van der Waals surface area contributed by atoms with Crippen LogP contribution in [0.25, 0.3) is 0 Å². The van der Waals surface area contributed by atoms with Gasteiger partial charge in [0.1, 0.15) is 12.3 Å². The van der Waals surface area contributed by atoms with Crippen LogP contribution in [0.1, 0.15) is 24.2 Å². The molecule has 0 saturated heterocycles. The largest absolute Gasteiger partial charge is 0.484 e. The Morgan fingerprint density at radius 1 is 1.23 bits per heavy atom. The number of hydrogen-bond acceptors (Lipinski definition) is 4. The lowest BCUT2D eigenvalue weighted by Crippen LogP contribution is -2.38. The van der Waals surface area contributed by atoms with Crippen LogP contribution in [0.2, 0.25) is 0 Å². The molecule has 7 heteroatoms. The van der Waals surface area contributed by atoms with Crippen LogP contribution in [0.5, 0.6) is 5.75 Å². The van der Waals surface area contributed by atoms with Gasteiger partial charge in [-0.1, -0.05) is 13.8 Å². The molecule has 0 aliphatic heterocycles. The van der Waals surface area contributed by atoms with Gasteiger partial charge in [0, 0.05) is 12.1 Å². The first-order chi connectivity index (χ1) is 10.3. The second kappa shape index (κ2) is 8.02. The zero-order valence-corrected chi connectivity index (χ0v) is 12.6. The molecule has 0 spiro atoms. The summed E-state index contributed by atoms with van der Waals surface area (Å²) in [7, 11) is 0.